The highest BCUT2D eigenvalue weighted by atomic mass is 79.9. The van der Waals surface area contributed by atoms with Crippen LogP contribution in [0.4, 0.5) is 4.39 Å². The van der Waals surface area contributed by atoms with Gasteiger partial charge in [-0.15, -0.1) is 11.3 Å². The third kappa shape index (κ3) is 3.23. The number of halogens is 2. The number of hydrogen-bond acceptors (Lipinski definition) is 5. The fourth-order valence-corrected chi connectivity index (χ4v) is 4.74. The molecule has 0 saturated carbocycles. The first-order valence-electron chi connectivity index (χ1n) is 8.69. The Labute approximate surface area is 164 Å². The number of ether oxygens (including phenoxy) is 1. The van der Waals surface area contributed by atoms with Crippen molar-refractivity contribution in [2.75, 3.05) is 19.8 Å². The van der Waals surface area contributed by atoms with Crippen LogP contribution in [0.5, 0.6) is 0 Å². The molecule has 0 spiro atoms. The summed E-state index contributed by atoms with van der Waals surface area (Å²) in [6, 6.07) is 4.60. The number of aliphatic imine (C=N–C) groups is 1. The molecule has 7 heteroatoms. The van der Waals surface area contributed by atoms with Crippen molar-refractivity contribution in [3.8, 4) is 0 Å². The van der Waals surface area contributed by atoms with Crippen LogP contribution >= 0.6 is 27.3 Å². The third-order valence-electron chi connectivity index (χ3n) is 4.67. The van der Waals surface area contributed by atoms with Gasteiger partial charge in [0.25, 0.3) is 0 Å². The molecular weight excluding hydrogens is 417 g/mol. The van der Waals surface area contributed by atoms with E-state index in [2.05, 4.69) is 25.8 Å². The molecule has 4 rings (SSSR count). The van der Waals surface area contributed by atoms with Gasteiger partial charge in [-0.1, -0.05) is 22.0 Å². The van der Waals surface area contributed by atoms with E-state index < -0.39 is 0 Å². The van der Waals surface area contributed by atoms with Gasteiger partial charge in [-0.05, 0) is 37.5 Å². The molecule has 0 radical (unpaired) electrons. The fraction of sp³-hybridized carbons (Fsp3) is 0.368. The van der Waals surface area contributed by atoms with Gasteiger partial charge in [0.2, 0.25) is 0 Å². The van der Waals surface area contributed by atoms with Gasteiger partial charge in [0.1, 0.15) is 11.9 Å². The summed E-state index contributed by atoms with van der Waals surface area (Å²) in [5, 5.41) is 2.89. The van der Waals surface area contributed by atoms with Crippen molar-refractivity contribution in [1.29, 1.82) is 0 Å². The first-order valence-corrected chi connectivity index (χ1v) is 10.4. The van der Waals surface area contributed by atoms with Crippen molar-refractivity contribution in [2.24, 2.45) is 4.99 Å². The van der Waals surface area contributed by atoms with Crippen molar-refractivity contribution in [1.82, 2.24) is 9.88 Å². The summed E-state index contributed by atoms with van der Waals surface area (Å²) in [6.45, 7) is 4.12. The Hall–Kier alpha value is -1.57. The Morgan fingerprint density at radius 2 is 2.31 bits per heavy atom. The first kappa shape index (κ1) is 17.8. The number of amidine groups is 1. The summed E-state index contributed by atoms with van der Waals surface area (Å²) >= 11 is 5.11. The fourth-order valence-electron chi connectivity index (χ4n) is 3.53. The van der Waals surface area contributed by atoms with Gasteiger partial charge in [0, 0.05) is 40.5 Å². The van der Waals surface area contributed by atoms with Crippen LogP contribution < -0.4 is 0 Å². The number of benzene rings is 1. The Morgan fingerprint density at radius 1 is 1.42 bits per heavy atom. The molecule has 0 amide bonds. The smallest absolute Gasteiger partial charge is 0.165 e. The predicted octanol–water partition coefficient (Wildman–Crippen LogP) is 4.93. The molecular formula is C19H19BrFN3OS. The molecule has 2 aliphatic heterocycles. The number of aromatic nitrogens is 1. The van der Waals surface area contributed by atoms with Crippen molar-refractivity contribution in [3.05, 3.63) is 61.9 Å². The Balaban J connectivity index is 1.84. The molecule has 136 valence electrons. The van der Waals surface area contributed by atoms with Crippen LogP contribution in [0.1, 0.15) is 36.4 Å². The topological polar surface area (TPSA) is 37.7 Å². The van der Waals surface area contributed by atoms with Crippen LogP contribution in [0.3, 0.4) is 0 Å². The van der Waals surface area contributed by atoms with Gasteiger partial charge in [-0.2, -0.15) is 0 Å². The molecule has 2 aliphatic rings. The average Bonchev–Trinajstić information content (AvgIpc) is 3.31. The third-order valence-corrected chi connectivity index (χ3v) is 6.13. The number of allylic oxidation sites excluding steroid dienone is 1. The monoisotopic (exact) mass is 435 g/mol. The summed E-state index contributed by atoms with van der Waals surface area (Å²) in [6.07, 6.45) is 3.90. The summed E-state index contributed by atoms with van der Waals surface area (Å²) in [7, 11) is 0. The van der Waals surface area contributed by atoms with E-state index in [-0.39, 0.29) is 11.9 Å². The molecule has 1 aromatic carbocycles. The normalized spacial score (nSPS) is 19.7. The SMILES string of the molecule is CCOCC1=C2CCCN2C(c2nccs2)=N[C@H]1c1ccc(F)cc1Br. The summed E-state index contributed by atoms with van der Waals surface area (Å²) in [5.41, 5.74) is 3.39. The maximum absolute atomic E-state index is 13.6. The van der Waals surface area contributed by atoms with Crippen molar-refractivity contribution in [3.63, 3.8) is 0 Å². The highest BCUT2D eigenvalue weighted by Gasteiger charge is 2.35. The lowest BCUT2D eigenvalue weighted by atomic mass is 9.95. The number of rotatable bonds is 5. The molecule has 26 heavy (non-hydrogen) atoms. The lowest BCUT2D eigenvalue weighted by Crippen LogP contribution is -2.34. The molecule has 2 aromatic rings. The minimum atomic E-state index is -0.262. The Bertz CT molecular complexity index is 866. The van der Waals surface area contributed by atoms with E-state index in [1.807, 2.05) is 18.4 Å². The van der Waals surface area contributed by atoms with Crippen LogP contribution in [-0.4, -0.2) is 35.5 Å². The Morgan fingerprint density at radius 3 is 3.04 bits per heavy atom. The zero-order valence-corrected chi connectivity index (χ0v) is 16.8. The van der Waals surface area contributed by atoms with Crippen LogP contribution in [-0.2, 0) is 4.74 Å². The Kier molecular flexibility index (Phi) is 5.20. The standard InChI is InChI=1S/C19H19BrFN3OS/c1-2-25-11-14-16-4-3-8-24(16)18(19-22-7-9-26-19)23-17(14)13-6-5-12(21)10-15(13)20/h5-7,9-10,17H,2-4,8,11H2,1H3/t17-/m0/s1. The number of fused-ring (bicyclic) bond motifs is 1. The molecule has 0 bridgehead atoms. The largest absolute Gasteiger partial charge is 0.377 e. The van der Waals surface area contributed by atoms with Gasteiger partial charge < -0.3 is 9.64 Å². The zero-order chi connectivity index (χ0) is 18.1. The van der Waals surface area contributed by atoms with E-state index in [0.29, 0.717) is 13.2 Å². The summed E-state index contributed by atoms with van der Waals surface area (Å²) < 4.78 is 20.1. The van der Waals surface area contributed by atoms with E-state index in [1.165, 1.54) is 17.8 Å². The van der Waals surface area contributed by atoms with Crippen molar-refractivity contribution < 1.29 is 9.13 Å². The number of nitrogens with zero attached hydrogens (tertiary/aromatic N) is 3. The molecule has 4 nitrogen and oxygen atoms in total. The van der Waals surface area contributed by atoms with Gasteiger partial charge >= 0.3 is 0 Å². The second-order valence-corrected chi connectivity index (χ2v) is 7.97. The summed E-state index contributed by atoms with van der Waals surface area (Å²) in [5.74, 6) is 0.649. The lowest BCUT2D eigenvalue weighted by Gasteiger charge is -2.33. The second kappa shape index (κ2) is 7.58. The molecule has 0 N–H and O–H groups in total. The summed E-state index contributed by atoms with van der Waals surface area (Å²) in [4.78, 5) is 11.8. The van der Waals surface area contributed by atoms with Gasteiger partial charge in [0.05, 0.1) is 6.61 Å². The van der Waals surface area contributed by atoms with Crippen LogP contribution in [0.15, 0.2) is 50.5 Å². The molecule has 1 fully saturated rings. The van der Waals surface area contributed by atoms with Crippen LogP contribution in [0.2, 0.25) is 0 Å². The minimum Gasteiger partial charge on any atom is -0.377 e. The quantitative estimate of drug-likeness (QED) is 0.667. The second-order valence-electron chi connectivity index (χ2n) is 6.22. The van der Waals surface area contributed by atoms with E-state index >= 15 is 0 Å². The van der Waals surface area contributed by atoms with E-state index in [1.54, 1.807) is 17.5 Å². The van der Waals surface area contributed by atoms with Gasteiger partial charge in [0.15, 0.2) is 10.8 Å². The molecule has 0 unspecified atom stereocenters. The highest BCUT2D eigenvalue weighted by Crippen LogP contribution is 2.42. The maximum atomic E-state index is 13.6. The van der Waals surface area contributed by atoms with Gasteiger partial charge in [-0.25, -0.2) is 9.37 Å². The van der Waals surface area contributed by atoms with Crippen LogP contribution in [0.25, 0.3) is 0 Å². The highest BCUT2D eigenvalue weighted by molar-refractivity contribution is 9.10. The van der Waals surface area contributed by atoms with Crippen molar-refractivity contribution in [2.45, 2.75) is 25.8 Å². The molecule has 3 heterocycles. The van der Waals surface area contributed by atoms with E-state index in [9.17, 15) is 4.39 Å². The van der Waals surface area contributed by atoms with Gasteiger partial charge in [-0.3, -0.25) is 4.99 Å². The number of hydrogen-bond donors (Lipinski definition) is 0. The van der Waals surface area contributed by atoms with E-state index in [0.717, 1.165) is 45.8 Å². The average molecular weight is 436 g/mol. The van der Waals surface area contributed by atoms with Crippen LogP contribution in [0, 0.1) is 5.82 Å². The predicted molar refractivity (Wildman–Crippen MR) is 105 cm³/mol. The maximum Gasteiger partial charge on any atom is 0.165 e. The van der Waals surface area contributed by atoms with Crippen molar-refractivity contribution >= 4 is 33.1 Å². The first-order chi connectivity index (χ1) is 12.7. The number of thiazole rings is 1. The lowest BCUT2D eigenvalue weighted by molar-refractivity contribution is 0.164. The molecule has 0 aliphatic carbocycles. The minimum absolute atomic E-state index is 0.195. The molecule has 1 atom stereocenters. The molecule has 1 saturated heterocycles. The molecule has 1 aromatic heterocycles. The van der Waals surface area contributed by atoms with E-state index in [4.69, 9.17) is 9.73 Å². The zero-order valence-electron chi connectivity index (χ0n) is 14.4.